The third kappa shape index (κ3) is 7.14. The van der Waals surface area contributed by atoms with Crippen molar-refractivity contribution in [3.05, 3.63) is 99.1 Å². The van der Waals surface area contributed by atoms with Crippen LogP contribution in [0.2, 0.25) is 0 Å². The summed E-state index contributed by atoms with van der Waals surface area (Å²) >= 11 is 0. The molecule has 3 aromatic carbocycles. The number of carbonyl (C=O) groups is 2. The van der Waals surface area contributed by atoms with Gasteiger partial charge in [0.05, 0.1) is 22.0 Å². The topological polar surface area (TPSA) is 51.2 Å². The van der Waals surface area contributed by atoms with Gasteiger partial charge < -0.3 is 0 Å². The van der Waals surface area contributed by atoms with Crippen molar-refractivity contribution in [2.45, 2.75) is 90.9 Å². The van der Waals surface area contributed by atoms with Crippen molar-refractivity contribution in [2.24, 2.45) is 0 Å². The molecule has 3 aromatic rings. The molecule has 10 heteroatoms. The van der Waals surface area contributed by atoms with Crippen LogP contribution in [0.3, 0.4) is 0 Å². The van der Waals surface area contributed by atoms with E-state index in [9.17, 15) is 40.5 Å². The number of rotatable bonds is 5. The Labute approximate surface area is 254 Å². The highest BCUT2D eigenvalue weighted by Crippen LogP contribution is 2.44. The summed E-state index contributed by atoms with van der Waals surface area (Å²) in [6.07, 6.45) is -10.7. The van der Waals surface area contributed by atoms with Gasteiger partial charge in [0.15, 0.2) is 13.6 Å². The van der Waals surface area contributed by atoms with E-state index in [2.05, 4.69) is 0 Å². The van der Waals surface area contributed by atoms with E-state index in [1.807, 2.05) is 74.4 Å². The van der Waals surface area contributed by atoms with Crippen molar-refractivity contribution in [1.82, 2.24) is 0 Å². The van der Waals surface area contributed by atoms with Crippen molar-refractivity contribution in [3.8, 4) is 0 Å². The Morgan fingerprint density at radius 1 is 0.568 bits per heavy atom. The molecule has 1 radical (unpaired) electrons. The van der Waals surface area contributed by atoms with Crippen LogP contribution in [0.5, 0.6) is 0 Å². The molecular weight excluding hydrogens is 601 g/mol. The second-order valence-corrected chi connectivity index (χ2v) is 15.3. The number of benzene rings is 3. The minimum Gasteiger partial charge on any atom is -0.289 e. The second kappa shape index (κ2) is 11.6. The first-order valence-corrected chi connectivity index (χ1v) is 15.2. The van der Waals surface area contributed by atoms with Crippen molar-refractivity contribution in [3.63, 3.8) is 0 Å². The lowest BCUT2D eigenvalue weighted by atomic mass is 9.71. The third-order valence-corrected chi connectivity index (χ3v) is 8.71. The molecule has 3 rings (SSSR count). The Bertz CT molecular complexity index is 1560. The highest BCUT2D eigenvalue weighted by Gasteiger charge is 2.44. The van der Waals surface area contributed by atoms with Crippen LogP contribution in [-0.2, 0) is 33.2 Å². The Hall–Kier alpha value is -3.32. The fourth-order valence-electron chi connectivity index (χ4n) is 4.95. The van der Waals surface area contributed by atoms with Gasteiger partial charge in [0.2, 0.25) is 5.52 Å². The molecule has 0 N–H and O–H groups in total. The molecule has 0 bridgehead atoms. The van der Waals surface area contributed by atoms with Gasteiger partial charge in [0.25, 0.3) is 0 Å². The maximum atomic E-state index is 14.5. The largest absolute Gasteiger partial charge is 0.417 e. The van der Waals surface area contributed by atoms with Gasteiger partial charge in [-0.05, 0) is 57.2 Å². The third-order valence-electron chi connectivity index (χ3n) is 7.29. The summed E-state index contributed by atoms with van der Waals surface area (Å²) in [4.78, 5) is 27.9. The first-order chi connectivity index (χ1) is 19.8. The van der Waals surface area contributed by atoms with E-state index < -0.39 is 64.3 Å². The predicted molar refractivity (Wildman–Crippen MR) is 160 cm³/mol. The van der Waals surface area contributed by atoms with Gasteiger partial charge in [0, 0.05) is 11.1 Å². The molecule has 0 saturated heterocycles. The van der Waals surface area contributed by atoms with Gasteiger partial charge in [-0.25, -0.2) is 0 Å². The number of carbonyl (C=O) groups excluding carboxylic acids is 2. The number of hydrogen-bond acceptors (Lipinski definition) is 3. The Balaban J connectivity index is 2.35. The zero-order valence-corrected chi connectivity index (χ0v) is 27.0. The Morgan fingerprint density at radius 2 is 1.00 bits per heavy atom. The van der Waals surface area contributed by atoms with Crippen LogP contribution in [-0.4, -0.2) is 11.3 Å². The average molecular weight is 638 g/mol. The van der Waals surface area contributed by atoms with Gasteiger partial charge in [-0.3, -0.25) is 14.2 Å². The van der Waals surface area contributed by atoms with E-state index in [4.69, 9.17) is 0 Å². The molecule has 0 aliphatic rings. The summed E-state index contributed by atoms with van der Waals surface area (Å²) in [7, 11) is -3.59. The fourth-order valence-corrected chi connectivity index (χ4v) is 6.23. The predicted octanol–water partition coefficient (Wildman–Crippen LogP) is 10.1. The van der Waals surface area contributed by atoms with E-state index in [1.54, 1.807) is 0 Å². The molecule has 0 heterocycles. The molecule has 0 spiro atoms. The zero-order chi connectivity index (χ0) is 33.8. The van der Waals surface area contributed by atoms with Crippen LogP contribution >= 0.6 is 7.80 Å². The molecule has 0 saturated carbocycles. The first-order valence-electron chi connectivity index (χ1n) is 13.9. The highest BCUT2D eigenvalue weighted by molar-refractivity contribution is 7.71. The molecule has 0 aliphatic carbocycles. The SMILES string of the molecule is CC(C)(C)c1cc(C(C)(C)C)c(C(=O)c2ccccc2[P](=O)C(=O)c2c(C(F)(F)F)cccc2C(F)(F)F)c(C(C)(C)C)c1. The molecule has 237 valence electrons. The lowest BCUT2D eigenvalue weighted by Crippen LogP contribution is -2.28. The summed E-state index contributed by atoms with van der Waals surface area (Å²) in [6, 6.07) is 10.2. The normalized spacial score (nSPS) is 13.6. The molecule has 1 unspecified atom stereocenters. The number of alkyl halides is 6. The minimum absolute atomic E-state index is 0.237. The smallest absolute Gasteiger partial charge is 0.289 e. The minimum atomic E-state index is -5.34. The highest BCUT2D eigenvalue weighted by atomic mass is 31.1. The molecule has 0 fully saturated rings. The number of halogens is 6. The Morgan fingerprint density at radius 3 is 1.39 bits per heavy atom. The first kappa shape index (κ1) is 35.2. The van der Waals surface area contributed by atoms with Crippen LogP contribution in [0.25, 0.3) is 0 Å². The van der Waals surface area contributed by atoms with E-state index in [0.717, 1.165) is 11.6 Å². The summed E-state index contributed by atoms with van der Waals surface area (Å²) in [6.45, 7) is 17.6. The molecule has 1 atom stereocenters. The van der Waals surface area contributed by atoms with Crippen molar-refractivity contribution in [1.29, 1.82) is 0 Å². The summed E-state index contributed by atoms with van der Waals surface area (Å²) in [5.74, 6) is -0.632. The van der Waals surface area contributed by atoms with Gasteiger partial charge in [-0.1, -0.05) is 92.6 Å². The van der Waals surface area contributed by atoms with Crippen LogP contribution in [0.1, 0.15) is 116 Å². The molecule has 0 amide bonds. The van der Waals surface area contributed by atoms with Crippen molar-refractivity contribution >= 4 is 24.4 Å². The van der Waals surface area contributed by atoms with Crippen LogP contribution < -0.4 is 5.30 Å². The van der Waals surface area contributed by atoms with Crippen LogP contribution in [0, 0.1) is 0 Å². The molecular formula is C34H36F6O3P. The van der Waals surface area contributed by atoms with Crippen molar-refractivity contribution in [2.75, 3.05) is 0 Å². The molecule has 44 heavy (non-hydrogen) atoms. The van der Waals surface area contributed by atoms with Gasteiger partial charge in [0.1, 0.15) is 0 Å². The van der Waals surface area contributed by atoms with Crippen molar-refractivity contribution < 1.29 is 40.5 Å². The number of ketones is 1. The maximum Gasteiger partial charge on any atom is 0.417 e. The van der Waals surface area contributed by atoms with Gasteiger partial charge in [-0.15, -0.1) is 0 Å². The molecule has 0 aromatic heterocycles. The van der Waals surface area contributed by atoms with E-state index in [0.29, 0.717) is 29.3 Å². The van der Waals surface area contributed by atoms with Crippen LogP contribution in [0.15, 0.2) is 54.6 Å². The van der Waals surface area contributed by atoms with Crippen LogP contribution in [0.4, 0.5) is 26.3 Å². The molecule has 3 nitrogen and oxygen atoms in total. The lowest BCUT2D eigenvalue weighted by molar-refractivity contribution is -0.143. The van der Waals surface area contributed by atoms with E-state index in [1.165, 1.54) is 18.2 Å². The van der Waals surface area contributed by atoms with E-state index in [-0.39, 0.29) is 16.5 Å². The standard InChI is InChI=1S/C34H36F6O3P/c1-30(2,3)19-17-23(31(4,5)6)26(24(18-19)32(7,8)9)28(41)20-13-10-11-16-25(20)44(43)29(42)27-21(33(35,36)37)14-12-15-22(27)34(38,39)40/h10-18H,1-9H3. The fraction of sp³-hybridized carbons (Fsp3) is 0.412. The second-order valence-electron chi connectivity index (χ2n) is 13.9. The summed E-state index contributed by atoms with van der Waals surface area (Å²) in [5, 5.41) is -0.442. The molecule has 0 aliphatic heterocycles. The summed E-state index contributed by atoms with van der Waals surface area (Å²) < 4.78 is 96.7. The lowest BCUT2D eigenvalue weighted by Gasteiger charge is -2.33. The van der Waals surface area contributed by atoms with E-state index >= 15 is 0 Å². The Kier molecular flexibility index (Phi) is 9.23. The maximum absolute atomic E-state index is 14.5. The summed E-state index contributed by atoms with van der Waals surface area (Å²) in [5.41, 5.74) is -6.42. The monoisotopic (exact) mass is 637 g/mol. The average Bonchev–Trinajstić information content (AvgIpc) is 2.88. The zero-order valence-electron chi connectivity index (χ0n) is 26.1. The quantitative estimate of drug-likeness (QED) is 0.159. The van der Waals surface area contributed by atoms with Gasteiger partial charge >= 0.3 is 12.4 Å². The number of hydrogen-bond donors (Lipinski definition) is 0. The van der Waals surface area contributed by atoms with Gasteiger partial charge in [-0.2, -0.15) is 26.3 Å².